The van der Waals surface area contributed by atoms with Gasteiger partial charge in [0, 0.05) is 5.69 Å². The van der Waals surface area contributed by atoms with Crippen LogP contribution in [0, 0.1) is 13.5 Å². The van der Waals surface area contributed by atoms with E-state index in [-0.39, 0.29) is 5.56 Å². The summed E-state index contributed by atoms with van der Waals surface area (Å²) in [6, 6.07) is 3.04. The van der Waals surface area contributed by atoms with E-state index in [1.807, 2.05) is 0 Å². The van der Waals surface area contributed by atoms with Crippen molar-refractivity contribution in [3.63, 3.8) is 0 Å². The predicted octanol–water partition coefficient (Wildman–Crippen LogP) is 1.91. The van der Waals surface area contributed by atoms with Crippen LogP contribution in [0.2, 0.25) is 0 Å². The van der Waals surface area contributed by atoms with Crippen LogP contribution in [0.3, 0.4) is 0 Å². The van der Waals surface area contributed by atoms with Gasteiger partial charge < -0.3 is 10.5 Å². The van der Waals surface area contributed by atoms with Crippen LogP contribution in [0.5, 0.6) is 0 Å². The number of rotatable bonds is 1. The maximum absolute atomic E-state index is 11.2. The summed E-state index contributed by atoms with van der Waals surface area (Å²) in [5.41, 5.74) is 7.36. The first-order valence-corrected chi connectivity index (χ1v) is 3.96. The molecule has 72 valence electrons. The van der Waals surface area contributed by atoms with Crippen LogP contribution >= 0.6 is 0 Å². The number of nitrogens with zero attached hydrogens (tertiary/aromatic N) is 1. The Morgan fingerprint density at radius 1 is 1.57 bits per heavy atom. The summed E-state index contributed by atoms with van der Waals surface area (Å²) in [5.74, 6) is -0.521. The van der Waals surface area contributed by atoms with E-state index in [0.717, 1.165) is 5.56 Å². The summed E-state index contributed by atoms with van der Waals surface area (Å²) >= 11 is 0. The maximum Gasteiger partial charge on any atom is 0.338 e. The van der Waals surface area contributed by atoms with Gasteiger partial charge in [-0.3, -0.25) is 0 Å². The molecule has 4 heteroatoms. The van der Waals surface area contributed by atoms with Gasteiger partial charge in [0.25, 0.3) is 0 Å². The molecule has 0 aliphatic carbocycles. The van der Waals surface area contributed by atoms with Crippen molar-refractivity contribution in [3.05, 3.63) is 34.7 Å². The molecule has 14 heavy (non-hydrogen) atoms. The summed E-state index contributed by atoms with van der Waals surface area (Å²) in [5, 5.41) is 0. The second-order valence-corrected chi connectivity index (χ2v) is 2.83. The highest BCUT2D eigenvalue weighted by Crippen LogP contribution is 2.25. The van der Waals surface area contributed by atoms with Gasteiger partial charge in [-0.05, 0) is 24.6 Å². The van der Waals surface area contributed by atoms with Gasteiger partial charge in [-0.2, -0.15) is 0 Å². The van der Waals surface area contributed by atoms with Gasteiger partial charge in [0.15, 0.2) is 5.69 Å². The first-order valence-electron chi connectivity index (χ1n) is 3.96. The molecule has 1 aromatic rings. The highest BCUT2D eigenvalue weighted by Gasteiger charge is 2.12. The number of anilines is 1. The lowest BCUT2D eigenvalue weighted by Gasteiger charge is -2.06. The second kappa shape index (κ2) is 3.79. The third-order valence-corrected chi connectivity index (χ3v) is 1.89. The maximum atomic E-state index is 11.2. The molecule has 4 nitrogen and oxygen atoms in total. The van der Waals surface area contributed by atoms with E-state index in [2.05, 4.69) is 9.58 Å². The molecule has 0 radical (unpaired) electrons. The van der Waals surface area contributed by atoms with Crippen LogP contribution in [-0.4, -0.2) is 13.1 Å². The van der Waals surface area contributed by atoms with Gasteiger partial charge in [0.2, 0.25) is 0 Å². The monoisotopic (exact) mass is 190 g/mol. The molecule has 0 fully saturated rings. The first-order chi connectivity index (χ1) is 6.60. The van der Waals surface area contributed by atoms with Gasteiger partial charge >= 0.3 is 5.97 Å². The average Bonchev–Trinajstić information content (AvgIpc) is 2.17. The molecule has 1 rings (SSSR count). The van der Waals surface area contributed by atoms with Crippen LogP contribution in [0.15, 0.2) is 12.1 Å². The number of esters is 1. The number of benzene rings is 1. The average molecular weight is 190 g/mol. The Hall–Kier alpha value is -2.02. The highest BCUT2D eigenvalue weighted by atomic mass is 16.5. The highest BCUT2D eigenvalue weighted by molar-refractivity contribution is 5.96. The van der Waals surface area contributed by atoms with Crippen LogP contribution in [-0.2, 0) is 4.74 Å². The largest absolute Gasteiger partial charge is 0.465 e. The SMILES string of the molecule is [C-]#[N+]c1cc(C(=O)OC)c(N)cc1C. The number of hydrogen-bond acceptors (Lipinski definition) is 3. The van der Waals surface area contributed by atoms with Gasteiger partial charge in [0.05, 0.1) is 19.2 Å². The van der Waals surface area contributed by atoms with E-state index < -0.39 is 5.97 Å². The van der Waals surface area contributed by atoms with E-state index in [1.165, 1.54) is 13.2 Å². The molecule has 0 atom stereocenters. The number of ether oxygens (including phenoxy) is 1. The van der Waals surface area contributed by atoms with E-state index in [0.29, 0.717) is 11.4 Å². The quantitative estimate of drug-likeness (QED) is 0.418. The lowest BCUT2D eigenvalue weighted by molar-refractivity contribution is 0.0602. The molecular formula is C10H10N2O2. The Labute approximate surface area is 82.1 Å². The van der Waals surface area contributed by atoms with Crippen molar-refractivity contribution in [1.29, 1.82) is 0 Å². The minimum Gasteiger partial charge on any atom is -0.465 e. The molecule has 0 aromatic heterocycles. The lowest BCUT2D eigenvalue weighted by Crippen LogP contribution is -2.05. The summed E-state index contributed by atoms with van der Waals surface area (Å²) in [4.78, 5) is 14.5. The molecule has 0 aliphatic heterocycles. The number of hydrogen-bond donors (Lipinski definition) is 1. The van der Waals surface area contributed by atoms with Crippen molar-refractivity contribution in [2.75, 3.05) is 12.8 Å². The third kappa shape index (κ3) is 1.67. The molecule has 0 amide bonds. The van der Waals surface area contributed by atoms with Crippen LogP contribution in [0.4, 0.5) is 11.4 Å². The fourth-order valence-corrected chi connectivity index (χ4v) is 1.13. The Bertz CT molecular complexity index is 419. The number of carbonyl (C=O) groups is 1. The fraction of sp³-hybridized carbons (Fsp3) is 0.200. The smallest absolute Gasteiger partial charge is 0.338 e. The normalized spacial score (nSPS) is 9.21. The summed E-state index contributed by atoms with van der Waals surface area (Å²) in [6.45, 7) is 8.65. The van der Waals surface area contributed by atoms with E-state index in [1.54, 1.807) is 13.0 Å². The van der Waals surface area contributed by atoms with E-state index >= 15 is 0 Å². The minimum absolute atomic E-state index is 0.240. The van der Waals surface area contributed by atoms with Crippen molar-refractivity contribution in [3.8, 4) is 0 Å². The zero-order chi connectivity index (χ0) is 10.7. The lowest BCUT2D eigenvalue weighted by atomic mass is 10.1. The van der Waals surface area contributed by atoms with Crippen molar-refractivity contribution >= 4 is 17.3 Å². The Kier molecular flexibility index (Phi) is 2.73. The molecule has 1 aromatic carbocycles. The van der Waals surface area contributed by atoms with Crippen LogP contribution in [0.25, 0.3) is 4.85 Å². The number of methoxy groups -OCH3 is 1. The van der Waals surface area contributed by atoms with Gasteiger partial charge in [-0.25, -0.2) is 9.64 Å². The zero-order valence-electron chi connectivity index (χ0n) is 8.00. The molecule has 0 bridgehead atoms. The van der Waals surface area contributed by atoms with Crippen molar-refractivity contribution in [2.24, 2.45) is 0 Å². The van der Waals surface area contributed by atoms with Gasteiger partial charge in [0.1, 0.15) is 0 Å². The van der Waals surface area contributed by atoms with E-state index in [4.69, 9.17) is 12.3 Å². The number of nitrogens with two attached hydrogens (primary N) is 1. The molecule has 0 heterocycles. The molecule has 0 spiro atoms. The topological polar surface area (TPSA) is 56.7 Å². The minimum atomic E-state index is -0.521. The summed E-state index contributed by atoms with van der Waals surface area (Å²) in [6.07, 6.45) is 0. The first kappa shape index (κ1) is 10.1. The van der Waals surface area contributed by atoms with Crippen molar-refractivity contribution < 1.29 is 9.53 Å². The van der Waals surface area contributed by atoms with Crippen LogP contribution in [0.1, 0.15) is 15.9 Å². The number of nitrogen functional groups attached to an aromatic ring is 1. The standard InChI is InChI=1S/C10H10N2O2/c1-6-4-8(11)7(10(13)14-3)5-9(6)12-2/h4-5H,11H2,1,3H3. The molecule has 0 saturated heterocycles. The zero-order valence-corrected chi connectivity index (χ0v) is 8.00. The number of carbonyl (C=O) groups excluding carboxylic acids is 1. The van der Waals surface area contributed by atoms with Crippen LogP contribution < -0.4 is 5.73 Å². The van der Waals surface area contributed by atoms with Crippen molar-refractivity contribution in [1.82, 2.24) is 0 Å². The Balaban J connectivity index is 3.33. The van der Waals surface area contributed by atoms with Crippen molar-refractivity contribution in [2.45, 2.75) is 6.92 Å². The summed E-state index contributed by atoms with van der Waals surface area (Å²) in [7, 11) is 1.28. The second-order valence-electron chi connectivity index (χ2n) is 2.83. The molecular weight excluding hydrogens is 180 g/mol. The van der Waals surface area contributed by atoms with Gasteiger partial charge in [-0.1, -0.05) is 0 Å². The molecule has 0 unspecified atom stereocenters. The Morgan fingerprint density at radius 3 is 2.71 bits per heavy atom. The van der Waals surface area contributed by atoms with Gasteiger partial charge in [-0.15, -0.1) is 0 Å². The third-order valence-electron chi connectivity index (χ3n) is 1.89. The Morgan fingerprint density at radius 2 is 2.21 bits per heavy atom. The fourth-order valence-electron chi connectivity index (χ4n) is 1.13. The number of aryl methyl sites for hydroxylation is 1. The molecule has 0 aliphatic rings. The molecule has 2 N–H and O–H groups in total. The summed E-state index contributed by atoms with van der Waals surface area (Å²) < 4.78 is 4.53. The molecule has 0 saturated carbocycles. The predicted molar refractivity (Wildman–Crippen MR) is 53.2 cm³/mol. The van der Waals surface area contributed by atoms with E-state index in [9.17, 15) is 4.79 Å².